The molecule has 18 heavy (non-hydrogen) atoms. The minimum Gasteiger partial charge on any atom is -0.382 e. The van der Waals surface area contributed by atoms with Gasteiger partial charge in [0.25, 0.3) is 0 Å². The van der Waals surface area contributed by atoms with Gasteiger partial charge in [0.1, 0.15) is 5.82 Å². The van der Waals surface area contributed by atoms with Crippen LogP contribution in [0, 0.1) is 11.8 Å². The third kappa shape index (κ3) is 2.20. The lowest BCUT2D eigenvalue weighted by molar-refractivity contribution is 0.0394. The van der Waals surface area contributed by atoms with Crippen molar-refractivity contribution in [1.82, 2.24) is 9.78 Å². The van der Waals surface area contributed by atoms with Crippen LogP contribution in [0.1, 0.15) is 18.5 Å². The van der Waals surface area contributed by atoms with Gasteiger partial charge in [0, 0.05) is 13.1 Å². The van der Waals surface area contributed by atoms with Crippen LogP contribution in [0.4, 0.5) is 5.82 Å². The van der Waals surface area contributed by atoms with Gasteiger partial charge in [-0.25, -0.2) is 0 Å². The van der Waals surface area contributed by atoms with Crippen LogP contribution in [0.25, 0.3) is 0 Å². The Morgan fingerprint density at radius 2 is 2.00 bits per heavy atom. The third-order valence-corrected chi connectivity index (χ3v) is 3.91. The Balaban J connectivity index is 1.57. The van der Waals surface area contributed by atoms with E-state index in [0.717, 1.165) is 18.5 Å². The number of nitrogen functional groups attached to an aromatic ring is 1. The number of fused-ring (bicyclic) bond motifs is 1. The zero-order chi connectivity index (χ0) is 12.5. The Morgan fingerprint density at radius 1 is 1.33 bits per heavy atom. The second-order valence-electron chi connectivity index (χ2n) is 5.19. The van der Waals surface area contributed by atoms with Crippen molar-refractivity contribution in [2.75, 3.05) is 5.73 Å². The van der Waals surface area contributed by atoms with Crippen LogP contribution in [0.2, 0.25) is 0 Å². The Kier molecular flexibility index (Phi) is 2.96. The Labute approximate surface area is 107 Å². The first-order valence-corrected chi connectivity index (χ1v) is 6.47. The summed E-state index contributed by atoms with van der Waals surface area (Å²) in [4.78, 5) is 0. The molecule has 2 N–H and O–H groups in total. The molecule has 0 aliphatic heterocycles. The van der Waals surface area contributed by atoms with Gasteiger partial charge in [-0.1, -0.05) is 24.3 Å². The lowest BCUT2D eigenvalue weighted by Gasteiger charge is -2.12. The highest BCUT2D eigenvalue weighted by molar-refractivity contribution is 5.29. The zero-order valence-corrected chi connectivity index (χ0v) is 10.6. The van der Waals surface area contributed by atoms with E-state index in [0.29, 0.717) is 30.4 Å². The number of nitrogens with zero attached hydrogens (tertiary/aromatic N) is 2. The Bertz CT molecular complexity index is 469. The van der Waals surface area contributed by atoms with Crippen molar-refractivity contribution < 1.29 is 4.74 Å². The molecule has 2 aliphatic carbocycles. The minimum atomic E-state index is 0.350. The first-order valence-electron chi connectivity index (χ1n) is 6.47. The van der Waals surface area contributed by atoms with Gasteiger partial charge < -0.3 is 10.5 Å². The van der Waals surface area contributed by atoms with E-state index >= 15 is 0 Å². The molecule has 1 aromatic rings. The van der Waals surface area contributed by atoms with Gasteiger partial charge in [-0.15, -0.1) is 0 Å². The van der Waals surface area contributed by atoms with Crippen LogP contribution in [-0.4, -0.2) is 15.9 Å². The maximum atomic E-state index is 5.99. The van der Waals surface area contributed by atoms with E-state index < -0.39 is 0 Å². The lowest BCUT2D eigenvalue weighted by atomic mass is 9.92. The molecule has 3 rings (SSSR count). The molecule has 1 saturated carbocycles. The summed E-state index contributed by atoms with van der Waals surface area (Å²) in [7, 11) is 1.90. The molecule has 96 valence electrons. The molecule has 0 spiro atoms. The summed E-state index contributed by atoms with van der Waals surface area (Å²) in [6, 6.07) is 1.88. The average molecular weight is 245 g/mol. The van der Waals surface area contributed by atoms with E-state index in [4.69, 9.17) is 10.5 Å². The normalized spacial score (nSPS) is 26.7. The summed E-state index contributed by atoms with van der Waals surface area (Å²) in [5, 5.41) is 4.12. The summed E-state index contributed by atoms with van der Waals surface area (Å²) in [5.74, 6) is 1.88. The number of hydrogen-bond acceptors (Lipinski definition) is 3. The number of ether oxygens (including phenoxy) is 1. The molecule has 2 atom stereocenters. The fourth-order valence-corrected chi connectivity index (χ4v) is 2.91. The number of anilines is 1. The zero-order valence-electron chi connectivity index (χ0n) is 10.6. The second-order valence-corrected chi connectivity index (χ2v) is 5.19. The van der Waals surface area contributed by atoms with Gasteiger partial charge in [-0.2, -0.15) is 5.10 Å². The van der Waals surface area contributed by atoms with Gasteiger partial charge in [0.15, 0.2) is 0 Å². The maximum absolute atomic E-state index is 5.99. The fraction of sp³-hybridized carbons (Fsp3) is 0.500. The Morgan fingerprint density at radius 3 is 2.56 bits per heavy atom. The van der Waals surface area contributed by atoms with E-state index in [1.54, 1.807) is 4.68 Å². The van der Waals surface area contributed by atoms with E-state index in [-0.39, 0.29) is 0 Å². The quantitative estimate of drug-likeness (QED) is 0.886. The van der Waals surface area contributed by atoms with Crippen molar-refractivity contribution >= 4 is 5.82 Å². The summed E-state index contributed by atoms with van der Waals surface area (Å²) < 4.78 is 7.78. The van der Waals surface area contributed by atoms with Gasteiger partial charge in [0.05, 0.1) is 18.4 Å². The molecular formula is C14H19N3O. The van der Waals surface area contributed by atoms with E-state index in [1.165, 1.54) is 0 Å². The van der Waals surface area contributed by atoms with Crippen LogP contribution >= 0.6 is 0 Å². The van der Waals surface area contributed by atoms with Gasteiger partial charge in [-0.3, -0.25) is 4.68 Å². The van der Waals surface area contributed by atoms with Crippen molar-refractivity contribution in [3.8, 4) is 0 Å². The molecule has 1 fully saturated rings. The van der Waals surface area contributed by atoms with Gasteiger partial charge >= 0.3 is 0 Å². The molecule has 0 radical (unpaired) electrons. The van der Waals surface area contributed by atoms with Crippen LogP contribution in [0.3, 0.4) is 0 Å². The minimum absolute atomic E-state index is 0.350. The summed E-state index contributed by atoms with van der Waals surface area (Å²) in [6.07, 6.45) is 11.5. The molecule has 4 heteroatoms. The predicted molar refractivity (Wildman–Crippen MR) is 70.7 cm³/mol. The predicted octanol–water partition coefficient (Wildman–Crippen LogP) is 2.04. The van der Waals surface area contributed by atoms with E-state index in [9.17, 15) is 0 Å². The lowest BCUT2D eigenvalue weighted by Crippen LogP contribution is -2.10. The Hall–Kier alpha value is -1.55. The number of aryl methyl sites for hydroxylation is 1. The molecule has 2 aliphatic rings. The van der Waals surface area contributed by atoms with E-state index in [2.05, 4.69) is 29.4 Å². The first-order chi connectivity index (χ1) is 8.72. The SMILES string of the molecule is Cn1nc(N)cc1COC1C[C@H]2C=CC=C[C@@H]2C1. The largest absolute Gasteiger partial charge is 0.382 e. The smallest absolute Gasteiger partial charge is 0.145 e. The molecule has 0 aromatic carbocycles. The highest BCUT2D eigenvalue weighted by atomic mass is 16.5. The number of rotatable bonds is 3. The van der Waals surface area contributed by atoms with Crippen molar-refractivity contribution in [2.24, 2.45) is 18.9 Å². The van der Waals surface area contributed by atoms with E-state index in [1.807, 2.05) is 13.1 Å². The highest BCUT2D eigenvalue weighted by Gasteiger charge is 2.32. The van der Waals surface area contributed by atoms with Crippen LogP contribution in [0.15, 0.2) is 30.4 Å². The van der Waals surface area contributed by atoms with Crippen molar-refractivity contribution in [3.63, 3.8) is 0 Å². The molecule has 0 saturated heterocycles. The van der Waals surface area contributed by atoms with Gasteiger partial charge in [-0.05, 0) is 24.7 Å². The molecule has 1 heterocycles. The number of allylic oxidation sites excluding steroid dienone is 4. The molecule has 0 amide bonds. The summed E-state index contributed by atoms with van der Waals surface area (Å²) in [6.45, 7) is 0.595. The molecule has 0 unspecified atom stereocenters. The molecular weight excluding hydrogens is 226 g/mol. The fourth-order valence-electron chi connectivity index (χ4n) is 2.91. The molecule has 0 bridgehead atoms. The van der Waals surface area contributed by atoms with Crippen molar-refractivity contribution in [3.05, 3.63) is 36.1 Å². The topological polar surface area (TPSA) is 53.1 Å². The third-order valence-electron chi connectivity index (χ3n) is 3.91. The number of hydrogen-bond donors (Lipinski definition) is 1. The van der Waals surface area contributed by atoms with Crippen LogP contribution < -0.4 is 5.73 Å². The first kappa shape index (κ1) is 11.5. The second kappa shape index (κ2) is 4.61. The number of aromatic nitrogens is 2. The molecule has 4 nitrogen and oxygen atoms in total. The summed E-state index contributed by atoms with van der Waals surface area (Å²) in [5.41, 5.74) is 6.69. The average Bonchev–Trinajstić information content (AvgIpc) is 2.89. The maximum Gasteiger partial charge on any atom is 0.145 e. The number of nitrogens with two attached hydrogens (primary N) is 1. The van der Waals surface area contributed by atoms with Crippen molar-refractivity contribution in [1.29, 1.82) is 0 Å². The van der Waals surface area contributed by atoms with Crippen molar-refractivity contribution in [2.45, 2.75) is 25.6 Å². The highest BCUT2D eigenvalue weighted by Crippen LogP contribution is 2.37. The van der Waals surface area contributed by atoms with Crippen LogP contribution in [-0.2, 0) is 18.4 Å². The summed E-state index contributed by atoms with van der Waals surface area (Å²) >= 11 is 0. The monoisotopic (exact) mass is 245 g/mol. The standard InChI is InChI=1S/C14H19N3O/c1-17-12(8-14(15)16-17)9-18-13-6-10-4-2-3-5-11(10)7-13/h2-5,8,10-11,13H,6-7,9H2,1H3,(H2,15,16)/t10-,11-/m1/s1. The van der Waals surface area contributed by atoms with Crippen LogP contribution in [0.5, 0.6) is 0 Å². The molecule has 1 aromatic heterocycles. The van der Waals surface area contributed by atoms with Gasteiger partial charge in [0.2, 0.25) is 0 Å².